The maximum Gasteiger partial charge on any atom is 0.223 e. The SMILES string of the molecule is C[C@@H](c1ccccc1Cl)N(C(=O)C[C@H](CN)CO)C1CC1. The van der Waals surface area contributed by atoms with Crippen LogP contribution in [0, 0.1) is 5.92 Å². The van der Waals surface area contributed by atoms with Gasteiger partial charge < -0.3 is 15.7 Å². The van der Waals surface area contributed by atoms with E-state index in [2.05, 4.69) is 0 Å². The zero-order chi connectivity index (χ0) is 15.4. The highest BCUT2D eigenvalue weighted by Crippen LogP contribution is 2.37. The second kappa shape index (κ2) is 7.25. The van der Waals surface area contributed by atoms with Crippen LogP contribution in [0.15, 0.2) is 24.3 Å². The molecule has 0 aromatic heterocycles. The first-order chi connectivity index (χ1) is 10.1. The lowest BCUT2D eigenvalue weighted by molar-refractivity contribution is -0.135. The molecule has 1 aromatic carbocycles. The summed E-state index contributed by atoms with van der Waals surface area (Å²) >= 11 is 6.26. The molecule has 0 saturated heterocycles. The summed E-state index contributed by atoms with van der Waals surface area (Å²) in [6, 6.07) is 7.86. The first kappa shape index (κ1) is 16.3. The van der Waals surface area contributed by atoms with Crippen molar-refractivity contribution in [1.82, 2.24) is 4.90 Å². The molecule has 1 saturated carbocycles. The van der Waals surface area contributed by atoms with Gasteiger partial charge in [0.15, 0.2) is 0 Å². The summed E-state index contributed by atoms with van der Waals surface area (Å²) in [6.45, 7) is 2.27. The van der Waals surface area contributed by atoms with E-state index in [1.54, 1.807) is 0 Å². The van der Waals surface area contributed by atoms with E-state index < -0.39 is 0 Å². The van der Waals surface area contributed by atoms with Crippen LogP contribution in [-0.2, 0) is 4.79 Å². The van der Waals surface area contributed by atoms with E-state index in [1.807, 2.05) is 36.1 Å². The highest BCUT2D eigenvalue weighted by molar-refractivity contribution is 6.31. The molecule has 2 rings (SSSR count). The average Bonchev–Trinajstić information content (AvgIpc) is 3.30. The topological polar surface area (TPSA) is 66.6 Å². The Hall–Kier alpha value is -1.10. The van der Waals surface area contributed by atoms with Crippen LogP contribution in [0.1, 0.15) is 37.8 Å². The summed E-state index contributed by atoms with van der Waals surface area (Å²) in [5, 5.41) is 9.92. The van der Waals surface area contributed by atoms with Gasteiger partial charge in [0.2, 0.25) is 5.91 Å². The molecule has 4 nitrogen and oxygen atoms in total. The zero-order valence-corrected chi connectivity index (χ0v) is 13.1. The van der Waals surface area contributed by atoms with Crippen molar-refractivity contribution >= 4 is 17.5 Å². The van der Waals surface area contributed by atoms with E-state index in [4.69, 9.17) is 17.3 Å². The normalized spacial score (nSPS) is 17.3. The Kier molecular flexibility index (Phi) is 5.62. The number of carbonyl (C=O) groups is 1. The van der Waals surface area contributed by atoms with Gasteiger partial charge in [0.25, 0.3) is 0 Å². The van der Waals surface area contributed by atoms with Crippen molar-refractivity contribution in [3.63, 3.8) is 0 Å². The van der Waals surface area contributed by atoms with Gasteiger partial charge in [-0.15, -0.1) is 0 Å². The Balaban J connectivity index is 2.15. The smallest absolute Gasteiger partial charge is 0.223 e. The van der Waals surface area contributed by atoms with Gasteiger partial charge in [0, 0.05) is 30.0 Å². The number of carbonyl (C=O) groups excluding carboxylic acids is 1. The summed E-state index contributed by atoms with van der Waals surface area (Å²) in [6.07, 6.45) is 2.36. The van der Waals surface area contributed by atoms with Crippen LogP contribution < -0.4 is 5.73 Å². The molecular weight excluding hydrogens is 288 g/mol. The molecule has 0 heterocycles. The van der Waals surface area contributed by atoms with Crippen LogP contribution in [0.2, 0.25) is 5.02 Å². The van der Waals surface area contributed by atoms with E-state index in [0.717, 1.165) is 18.4 Å². The molecule has 0 spiro atoms. The van der Waals surface area contributed by atoms with Gasteiger partial charge in [0.1, 0.15) is 0 Å². The van der Waals surface area contributed by atoms with Crippen LogP contribution in [-0.4, -0.2) is 35.1 Å². The number of halogens is 1. The first-order valence-electron chi connectivity index (χ1n) is 7.45. The fraction of sp³-hybridized carbons (Fsp3) is 0.562. The van der Waals surface area contributed by atoms with Gasteiger partial charge in [-0.3, -0.25) is 4.79 Å². The van der Waals surface area contributed by atoms with Gasteiger partial charge >= 0.3 is 0 Å². The Bertz CT molecular complexity index is 487. The molecule has 116 valence electrons. The van der Waals surface area contributed by atoms with Gasteiger partial charge in [-0.2, -0.15) is 0 Å². The van der Waals surface area contributed by atoms with Gasteiger partial charge in [0.05, 0.1) is 6.04 Å². The minimum absolute atomic E-state index is 0.0504. The number of nitrogens with two attached hydrogens (primary N) is 1. The number of benzene rings is 1. The fourth-order valence-electron chi connectivity index (χ4n) is 2.63. The molecule has 21 heavy (non-hydrogen) atoms. The second-order valence-electron chi connectivity index (χ2n) is 5.72. The molecular formula is C16H23ClN2O2. The zero-order valence-electron chi connectivity index (χ0n) is 12.3. The number of amides is 1. The fourth-order valence-corrected chi connectivity index (χ4v) is 2.92. The number of aliphatic hydroxyl groups excluding tert-OH is 1. The molecule has 1 fully saturated rings. The minimum atomic E-state index is -0.169. The Labute approximate surface area is 130 Å². The standard InChI is InChI=1S/C16H23ClN2O2/c1-11(14-4-2-3-5-15(14)17)19(13-6-7-13)16(21)8-12(9-18)10-20/h2-5,11-13,20H,6-10,18H2,1H3/t11-,12+/m0/s1. The Morgan fingerprint density at radius 3 is 2.67 bits per heavy atom. The third-order valence-electron chi connectivity index (χ3n) is 4.06. The number of hydrogen-bond acceptors (Lipinski definition) is 3. The van der Waals surface area contributed by atoms with Crippen molar-refractivity contribution in [2.45, 2.75) is 38.3 Å². The van der Waals surface area contributed by atoms with Crippen molar-refractivity contribution in [3.05, 3.63) is 34.9 Å². The quantitative estimate of drug-likeness (QED) is 0.812. The lowest BCUT2D eigenvalue weighted by Crippen LogP contribution is -2.38. The third kappa shape index (κ3) is 3.96. The molecule has 1 aromatic rings. The predicted molar refractivity (Wildman–Crippen MR) is 84.0 cm³/mol. The van der Waals surface area contributed by atoms with Crippen molar-refractivity contribution in [1.29, 1.82) is 0 Å². The Morgan fingerprint density at radius 2 is 2.14 bits per heavy atom. The first-order valence-corrected chi connectivity index (χ1v) is 7.82. The summed E-state index contributed by atoms with van der Waals surface area (Å²) in [5.74, 6) is -0.119. The molecule has 2 atom stereocenters. The van der Waals surface area contributed by atoms with Crippen molar-refractivity contribution < 1.29 is 9.90 Å². The third-order valence-corrected chi connectivity index (χ3v) is 4.40. The van der Waals surface area contributed by atoms with E-state index in [-0.39, 0.29) is 30.9 Å². The largest absolute Gasteiger partial charge is 0.396 e. The van der Waals surface area contributed by atoms with Gasteiger partial charge in [-0.25, -0.2) is 0 Å². The highest BCUT2D eigenvalue weighted by atomic mass is 35.5. The maximum atomic E-state index is 12.6. The summed E-state index contributed by atoms with van der Waals surface area (Å²) in [4.78, 5) is 14.5. The van der Waals surface area contributed by atoms with E-state index in [9.17, 15) is 9.90 Å². The number of hydrogen-bond donors (Lipinski definition) is 2. The lowest BCUT2D eigenvalue weighted by Gasteiger charge is -2.31. The van der Waals surface area contributed by atoms with Crippen LogP contribution >= 0.6 is 11.6 Å². The predicted octanol–water partition coefficient (Wildman–Crippen LogP) is 2.35. The second-order valence-corrected chi connectivity index (χ2v) is 6.13. The van der Waals surface area contributed by atoms with Gasteiger partial charge in [-0.05, 0) is 37.9 Å². The molecule has 5 heteroatoms. The summed E-state index contributed by atoms with van der Waals surface area (Å²) in [5.41, 5.74) is 6.55. The molecule has 0 bridgehead atoms. The van der Waals surface area contributed by atoms with E-state index in [1.165, 1.54) is 0 Å². The van der Waals surface area contributed by atoms with Crippen LogP contribution in [0.3, 0.4) is 0 Å². The molecule has 1 aliphatic carbocycles. The number of nitrogens with zero attached hydrogens (tertiary/aromatic N) is 1. The minimum Gasteiger partial charge on any atom is -0.396 e. The maximum absolute atomic E-state index is 12.6. The monoisotopic (exact) mass is 310 g/mol. The molecule has 1 aliphatic rings. The summed E-state index contributed by atoms with van der Waals surface area (Å²) < 4.78 is 0. The van der Waals surface area contributed by atoms with Crippen molar-refractivity contribution in [3.8, 4) is 0 Å². The van der Waals surface area contributed by atoms with Gasteiger partial charge in [-0.1, -0.05) is 29.8 Å². The van der Waals surface area contributed by atoms with E-state index >= 15 is 0 Å². The molecule has 1 amide bonds. The molecule has 3 N–H and O–H groups in total. The van der Waals surface area contributed by atoms with Crippen LogP contribution in [0.5, 0.6) is 0 Å². The van der Waals surface area contributed by atoms with E-state index in [0.29, 0.717) is 17.6 Å². The van der Waals surface area contributed by atoms with Crippen molar-refractivity contribution in [2.75, 3.05) is 13.2 Å². The molecule has 0 aliphatic heterocycles. The lowest BCUT2D eigenvalue weighted by atomic mass is 10.0. The highest BCUT2D eigenvalue weighted by Gasteiger charge is 2.37. The molecule has 0 unspecified atom stereocenters. The van der Waals surface area contributed by atoms with Crippen LogP contribution in [0.4, 0.5) is 0 Å². The number of rotatable bonds is 7. The summed E-state index contributed by atoms with van der Waals surface area (Å²) in [7, 11) is 0. The number of aliphatic hydroxyl groups is 1. The molecule has 0 radical (unpaired) electrons. The average molecular weight is 311 g/mol. The van der Waals surface area contributed by atoms with Crippen LogP contribution in [0.25, 0.3) is 0 Å². The Morgan fingerprint density at radius 1 is 1.48 bits per heavy atom. The van der Waals surface area contributed by atoms with Crippen molar-refractivity contribution in [2.24, 2.45) is 11.7 Å².